The van der Waals surface area contributed by atoms with Gasteiger partial charge in [0.2, 0.25) is 0 Å². The van der Waals surface area contributed by atoms with Gasteiger partial charge >= 0.3 is 0 Å². The SMILES string of the molecule is Clc1cc(Cl)c2cnncc2c1. The molecule has 0 fully saturated rings. The third-order valence-corrected chi connectivity index (χ3v) is 2.11. The summed E-state index contributed by atoms with van der Waals surface area (Å²) in [4.78, 5) is 0. The number of aromatic nitrogens is 2. The van der Waals surface area contributed by atoms with Crippen LogP contribution in [0, 0.1) is 0 Å². The molecular weight excluding hydrogens is 195 g/mol. The summed E-state index contributed by atoms with van der Waals surface area (Å²) < 4.78 is 0. The van der Waals surface area contributed by atoms with Crippen LogP contribution in [0.5, 0.6) is 0 Å². The minimum Gasteiger partial charge on any atom is -0.158 e. The van der Waals surface area contributed by atoms with Crippen LogP contribution in [0.15, 0.2) is 24.5 Å². The van der Waals surface area contributed by atoms with Crippen molar-refractivity contribution in [2.75, 3.05) is 0 Å². The number of nitrogens with zero attached hydrogens (tertiary/aromatic N) is 2. The van der Waals surface area contributed by atoms with Gasteiger partial charge in [-0.1, -0.05) is 23.2 Å². The number of hydrogen-bond donors (Lipinski definition) is 0. The fraction of sp³-hybridized carbons (Fsp3) is 0. The van der Waals surface area contributed by atoms with Gasteiger partial charge in [-0.05, 0) is 12.1 Å². The summed E-state index contributed by atoms with van der Waals surface area (Å²) in [5.74, 6) is 0. The van der Waals surface area contributed by atoms with Crippen molar-refractivity contribution in [1.82, 2.24) is 10.2 Å². The molecule has 0 unspecified atom stereocenters. The first-order valence-electron chi connectivity index (χ1n) is 3.33. The zero-order valence-corrected chi connectivity index (χ0v) is 7.47. The van der Waals surface area contributed by atoms with Gasteiger partial charge in [-0.2, -0.15) is 10.2 Å². The first-order valence-corrected chi connectivity index (χ1v) is 4.08. The fourth-order valence-electron chi connectivity index (χ4n) is 1.03. The van der Waals surface area contributed by atoms with Gasteiger partial charge in [0.15, 0.2) is 0 Å². The Morgan fingerprint density at radius 1 is 1.00 bits per heavy atom. The third kappa shape index (κ3) is 1.24. The maximum atomic E-state index is 5.91. The zero-order valence-electron chi connectivity index (χ0n) is 5.96. The molecule has 2 nitrogen and oxygen atoms in total. The van der Waals surface area contributed by atoms with Crippen molar-refractivity contribution in [2.45, 2.75) is 0 Å². The van der Waals surface area contributed by atoms with Gasteiger partial charge in [0.05, 0.1) is 17.4 Å². The smallest absolute Gasteiger partial charge is 0.0589 e. The van der Waals surface area contributed by atoms with Crippen LogP contribution in [0.25, 0.3) is 10.8 Å². The normalized spacial score (nSPS) is 10.5. The molecule has 0 amide bonds. The van der Waals surface area contributed by atoms with E-state index in [2.05, 4.69) is 10.2 Å². The van der Waals surface area contributed by atoms with Gasteiger partial charge in [-0.25, -0.2) is 0 Å². The monoisotopic (exact) mass is 198 g/mol. The number of benzene rings is 1. The van der Waals surface area contributed by atoms with Crippen LogP contribution in [-0.4, -0.2) is 10.2 Å². The second-order valence-corrected chi connectivity index (χ2v) is 3.22. The van der Waals surface area contributed by atoms with Crippen LogP contribution in [0.4, 0.5) is 0 Å². The van der Waals surface area contributed by atoms with E-state index in [9.17, 15) is 0 Å². The lowest BCUT2D eigenvalue weighted by Crippen LogP contribution is -1.81. The van der Waals surface area contributed by atoms with E-state index in [-0.39, 0.29) is 0 Å². The molecule has 1 aromatic carbocycles. The Bertz CT molecular complexity index is 428. The van der Waals surface area contributed by atoms with E-state index in [1.54, 1.807) is 24.5 Å². The number of halogens is 2. The molecule has 1 heterocycles. The summed E-state index contributed by atoms with van der Waals surface area (Å²) >= 11 is 11.7. The highest BCUT2D eigenvalue weighted by Gasteiger charge is 2.00. The summed E-state index contributed by atoms with van der Waals surface area (Å²) in [5.41, 5.74) is 0. The predicted molar refractivity (Wildman–Crippen MR) is 49.6 cm³/mol. The molecule has 0 aliphatic heterocycles. The third-order valence-electron chi connectivity index (χ3n) is 1.58. The molecule has 1 aromatic heterocycles. The maximum absolute atomic E-state index is 5.91. The van der Waals surface area contributed by atoms with E-state index in [1.165, 1.54) is 0 Å². The lowest BCUT2D eigenvalue weighted by molar-refractivity contribution is 1.05. The minimum atomic E-state index is 0.604. The Labute approximate surface area is 79.1 Å². The van der Waals surface area contributed by atoms with Crippen LogP contribution in [-0.2, 0) is 0 Å². The van der Waals surface area contributed by atoms with E-state index >= 15 is 0 Å². The molecule has 0 aliphatic carbocycles. The van der Waals surface area contributed by atoms with Crippen molar-refractivity contribution in [3.8, 4) is 0 Å². The highest BCUT2D eigenvalue weighted by molar-refractivity contribution is 6.38. The fourth-order valence-corrected chi connectivity index (χ4v) is 1.59. The standard InChI is InChI=1S/C8H4Cl2N2/c9-6-1-5-3-11-12-4-7(5)8(10)2-6/h1-4H. The summed E-state index contributed by atoms with van der Waals surface area (Å²) in [6.45, 7) is 0. The van der Waals surface area contributed by atoms with Crippen molar-refractivity contribution < 1.29 is 0 Å². The van der Waals surface area contributed by atoms with E-state index in [0.717, 1.165) is 10.8 Å². The molecule has 2 aromatic rings. The molecule has 0 aliphatic rings. The minimum absolute atomic E-state index is 0.604. The summed E-state index contributed by atoms with van der Waals surface area (Å²) in [6.07, 6.45) is 3.25. The highest BCUT2D eigenvalue weighted by atomic mass is 35.5. The Morgan fingerprint density at radius 3 is 2.58 bits per heavy atom. The van der Waals surface area contributed by atoms with Gasteiger partial charge in [-0.15, -0.1) is 0 Å². The molecular formula is C8H4Cl2N2. The van der Waals surface area contributed by atoms with Gasteiger partial charge < -0.3 is 0 Å². The molecule has 0 atom stereocenters. The summed E-state index contributed by atoms with van der Waals surface area (Å²) in [5, 5.41) is 10.4. The molecule has 0 saturated heterocycles. The van der Waals surface area contributed by atoms with Crippen LogP contribution in [0.3, 0.4) is 0 Å². The van der Waals surface area contributed by atoms with Gasteiger partial charge in [0.25, 0.3) is 0 Å². The molecule has 0 N–H and O–H groups in total. The molecule has 60 valence electrons. The van der Waals surface area contributed by atoms with Crippen molar-refractivity contribution in [3.63, 3.8) is 0 Å². The molecule has 0 saturated carbocycles. The molecule has 0 bridgehead atoms. The molecule has 0 radical (unpaired) electrons. The van der Waals surface area contributed by atoms with Crippen molar-refractivity contribution in [2.24, 2.45) is 0 Å². The largest absolute Gasteiger partial charge is 0.158 e. The second kappa shape index (κ2) is 2.88. The Balaban J connectivity index is 2.89. The molecule has 0 spiro atoms. The summed E-state index contributed by atoms with van der Waals surface area (Å²) in [7, 11) is 0. The predicted octanol–water partition coefficient (Wildman–Crippen LogP) is 2.94. The number of hydrogen-bond acceptors (Lipinski definition) is 2. The van der Waals surface area contributed by atoms with E-state index in [0.29, 0.717) is 10.0 Å². The van der Waals surface area contributed by atoms with Gasteiger partial charge in [0.1, 0.15) is 0 Å². The Kier molecular flexibility index (Phi) is 1.87. The average molecular weight is 199 g/mol. The van der Waals surface area contributed by atoms with Crippen molar-refractivity contribution in [1.29, 1.82) is 0 Å². The Hall–Kier alpha value is -0.860. The second-order valence-electron chi connectivity index (χ2n) is 2.38. The molecule has 4 heteroatoms. The van der Waals surface area contributed by atoms with Crippen LogP contribution >= 0.6 is 23.2 Å². The topological polar surface area (TPSA) is 25.8 Å². The van der Waals surface area contributed by atoms with Crippen molar-refractivity contribution >= 4 is 34.0 Å². The van der Waals surface area contributed by atoms with Crippen LogP contribution in [0.2, 0.25) is 10.0 Å². The molecule has 2 rings (SSSR count). The first kappa shape index (κ1) is 7.77. The lowest BCUT2D eigenvalue weighted by Gasteiger charge is -1.98. The lowest BCUT2D eigenvalue weighted by atomic mass is 10.2. The molecule has 12 heavy (non-hydrogen) atoms. The average Bonchev–Trinajstić information content (AvgIpc) is 2.04. The van der Waals surface area contributed by atoms with Crippen molar-refractivity contribution in [3.05, 3.63) is 34.6 Å². The first-order chi connectivity index (χ1) is 5.77. The number of rotatable bonds is 0. The van der Waals surface area contributed by atoms with Gasteiger partial charge in [-0.3, -0.25) is 0 Å². The summed E-state index contributed by atoms with van der Waals surface area (Å²) in [6, 6.07) is 3.49. The van der Waals surface area contributed by atoms with Crippen LogP contribution in [0.1, 0.15) is 0 Å². The zero-order chi connectivity index (χ0) is 8.55. The number of fused-ring (bicyclic) bond motifs is 1. The van der Waals surface area contributed by atoms with Crippen LogP contribution < -0.4 is 0 Å². The highest BCUT2D eigenvalue weighted by Crippen LogP contribution is 2.26. The quantitative estimate of drug-likeness (QED) is 0.651. The van der Waals surface area contributed by atoms with E-state index in [4.69, 9.17) is 23.2 Å². The van der Waals surface area contributed by atoms with E-state index in [1.807, 2.05) is 0 Å². The van der Waals surface area contributed by atoms with Gasteiger partial charge in [0, 0.05) is 15.8 Å². The maximum Gasteiger partial charge on any atom is 0.0589 e. The Morgan fingerprint density at radius 2 is 1.75 bits per heavy atom. The van der Waals surface area contributed by atoms with E-state index < -0.39 is 0 Å².